The SMILES string of the molecule is Cc1cc(C)cc(NC2CCCC(NC(=O)OC(C)(C)C)C2)c1. The Kier molecular flexibility index (Phi) is 5.55. The fourth-order valence-corrected chi connectivity index (χ4v) is 3.22. The molecule has 0 heterocycles. The highest BCUT2D eigenvalue weighted by atomic mass is 16.6. The van der Waals surface area contributed by atoms with Gasteiger partial charge < -0.3 is 15.4 Å². The van der Waals surface area contributed by atoms with Gasteiger partial charge in [-0.3, -0.25) is 0 Å². The van der Waals surface area contributed by atoms with Crippen LogP contribution in [0.25, 0.3) is 0 Å². The van der Waals surface area contributed by atoms with E-state index in [-0.39, 0.29) is 12.1 Å². The molecular formula is C19H30N2O2. The smallest absolute Gasteiger partial charge is 0.407 e. The van der Waals surface area contributed by atoms with Crippen LogP contribution in [0.5, 0.6) is 0 Å². The van der Waals surface area contributed by atoms with Crippen LogP contribution in [0.2, 0.25) is 0 Å². The lowest BCUT2D eigenvalue weighted by atomic mass is 9.91. The van der Waals surface area contributed by atoms with Gasteiger partial charge in [0.2, 0.25) is 0 Å². The second kappa shape index (κ2) is 7.24. The third-order valence-electron chi connectivity index (χ3n) is 3.99. The first kappa shape index (κ1) is 17.6. The Bertz CT molecular complexity index is 529. The lowest BCUT2D eigenvalue weighted by molar-refractivity contribution is 0.0492. The van der Waals surface area contributed by atoms with Crippen LogP contribution >= 0.6 is 0 Å². The fourth-order valence-electron chi connectivity index (χ4n) is 3.22. The average molecular weight is 318 g/mol. The molecule has 0 bridgehead atoms. The summed E-state index contributed by atoms with van der Waals surface area (Å²) in [5.74, 6) is 0. The molecule has 1 aromatic carbocycles. The minimum absolute atomic E-state index is 0.182. The molecule has 1 aliphatic carbocycles. The van der Waals surface area contributed by atoms with Crippen molar-refractivity contribution in [2.75, 3.05) is 5.32 Å². The molecule has 1 amide bonds. The normalized spacial score (nSPS) is 21.6. The van der Waals surface area contributed by atoms with Gasteiger partial charge in [-0.25, -0.2) is 4.79 Å². The summed E-state index contributed by atoms with van der Waals surface area (Å²) >= 11 is 0. The molecule has 23 heavy (non-hydrogen) atoms. The highest BCUT2D eigenvalue weighted by Crippen LogP contribution is 2.24. The third-order valence-corrected chi connectivity index (χ3v) is 3.99. The summed E-state index contributed by atoms with van der Waals surface area (Å²) in [6.45, 7) is 9.89. The number of carbonyl (C=O) groups is 1. The molecule has 2 N–H and O–H groups in total. The van der Waals surface area contributed by atoms with Gasteiger partial charge in [-0.15, -0.1) is 0 Å². The van der Waals surface area contributed by atoms with E-state index >= 15 is 0 Å². The molecule has 0 aliphatic heterocycles. The van der Waals surface area contributed by atoms with Crippen molar-refractivity contribution in [3.8, 4) is 0 Å². The quantitative estimate of drug-likeness (QED) is 0.859. The maximum absolute atomic E-state index is 11.9. The maximum Gasteiger partial charge on any atom is 0.407 e. The van der Waals surface area contributed by atoms with E-state index in [9.17, 15) is 4.79 Å². The van der Waals surface area contributed by atoms with Crippen LogP contribution in [0, 0.1) is 13.8 Å². The van der Waals surface area contributed by atoms with Crippen molar-refractivity contribution in [2.45, 2.75) is 78.0 Å². The molecule has 4 heteroatoms. The van der Waals surface area contributed by atoms with Crippen molar-refractivity contribution in [1.82, 2.24) is 5.32 Å². The van der Waals surface area contributed by atoms with E-state index in [2.05, 4.69) is 42.7 Å². The Balaban J connectivity index is 1.89. The van der Waals surface area contributed by atoms with Crippen LogP contribution in [0.3, 0.4) is 0 Å². The molecule has 0 spiro atoms. The van der Waals surface area contributed by atoms with E-state index < -0.39 is 5.60 Å². The number of hydrogen-bond acceptors (Lipinski definition) is 3. The highest BCUT2D eigenvalue weighted by molar-refractivity contribution is 5.68. The van der Waals surface area contributed by atoms with Gasteiger partial charge in [0.1, 0.15) is 5.60 Å². The molecule has 2 rings (SSSR count). The van der Waals surface area contributed by atoms with Crippen LogP contribution in [-0.2, 0) is 4.74 Å². The number of ether oxygens (including phenoxy) is 1. The standard InChI is InChI=1S/C19H30N2O2/c1-13-9-14(2)11-17(10-13)20-15-7-6-8-16(12-15)21-18(22)23-19(3,4)5/h9-11,15-16,20H,6-8,12H2,1-5H3,(H,21,22). The minimum Gasteiger partial charge on any atom is -0.444 e. The number of nitrogens with one attached hydrogen (secondary N) is 2. The summed E-state index contributed by atoms with van der Waals surface area (Å²) in [6.07, 6.45) is 3.90. The van der Waals surface area contributed by atoms with Gasteiger partial charge in [0, 0.05) is 17.8 Å². The Morgan fingerprint density at radius 3 is 2.30 bits per heavy atom. The Morgan fingerprint density at radius 1 is 1.09 bits per heavy atom. The molecule has 0 aromatic heterocycles. The zero-order valence-corrected chi connectivity index (χ0v) is 15.0. The minimum atomic E-state index is -0.449. The molecule has 2 atom stereocenters. The van der Waals surface area contributed by atoms with Crippen molar-refractivity contribution in [3.05, 3.63) is 29.3 Å². The molecule has 1 fully saturated rings. The van der Waals surface area contributed by atoms with Gasteiger partial charge in [0.05, 0.1) is 0 Å². The molecule has 1 aromatic rings. The number of hydrogen-bond donors (Lipinski definition) is 2. The summed E-state index contributed by atoms with van der Waals surface area (Å²) in [5.41, 5.74) is 3.26. The van der Waals surface area contributed by atoms with Crippen LogP contribution < -0.4 is 10.6 Å². The predicted octanol–water partition coefficient (Wildman–Crippen LogP) is 4.55. The Labute approximate surface area is 140 Å². The van der Waals surface area contributed by atoms with E-state index in [0.29, 0.717) is 6.04 Å². The maximum atomic E-state index is 11.9. The Morgan fingerprint density at radius 2 is 1.70 bits per heavy atom. The van der Waals surface area contributed by atoms with Crippen molar-refractivity contribution >= 4 is 11.8 Å². The monoisotopic (exact) mass is 318 g/mol. The zero-order chi connectivity index (χ0) is 17.0. The summed E-state index contributed by atoms with van der Waals surface area (Å²) in [5, 5.41) is 6.63. The van der Waals surface area contributed by atoms with Crippen molar-refractivity contribution in [2.24, 2.45) is 0 Å². The van der Waals surface area contributed by atoms with Gasteiger partial charge in [-0.1, -0.05) is 6.07 Å². The average Bonchev–Trinajstić information content (AvgIpc) is 2.35. The second-order valence-electron chi connectivity index (χ2n) is 7.73. The lowest BCUT2D eigenvalue weighted by Gasteiger charge is -2.31. The summed E-state index contributed by atoms with van der Waals surface area (Å²) in [6, 6.07) is 7.11. The highest BCUT2D eigenvalue weighted by Gasteiger charge is 2.25. The summed E-state index contributed by atoms with van der Waals surface area (Å²) in [4.78, 5) is 11.9. The van der Waals surface area contributed by atoms with E-state index in [0.717, 1.165) is 25.7 Å². The third kappa shape index (κ3) is 6.12. The van der Waals surface area contributed by atoms with E-state index in [1.165, 1.54) is 16.8 Å². The van der Waals surface area contributed by atoms with Crippen LogP contribution in [0.15, 0.2) is 18.2 Å². The van der Waals surface area contributed by atoms with Gasteiger partial charge >= 0.3 is 6.09 Å². The number of rotatable bonds is 3. The first-order valence-electron chi connectivity index (χ1n) is 8.55. The Hall–Kier alpha value is -1.71. The van der Waals surface area contributed by atoms with Crippen LogP contribution in [0.4, 0.5) is 10.5 Å². The molecule has 0 saturated heterocycles. The molecule has 0 radical (unpaired) electrons. The first-order chi connectivity index (χ1) is 10.7. The summed E-state index contributed by atoms with van der Waals surface area (Å²) in [7, 11) is 0. The number of benzene rings is 1. The van der Waals surface area contributed by atoms with Crippen LogP contribution in [0.1, 0.15) is 57.6 Å². The van der Waals surface area contributed by atoms with Crippen molar-refractivity contribution in [1.29, 1.82) is 0 Å². The van der Waals surface area contributed by atoms with Gasteiger partial charge in [0.25, 0.3) is 0 Å². The second-order valence-corrected chi connectivity index (χ2v) is 7.73. The fraction of sp³-hybridized carbons (Fsp3) is 0.632. The molecule has 4 nitrogen and oxygen atoms in total. The summed E-state index contributed by atoms with van der Waals surface area (Å²) < 4.78 is 5.35. The number of anilines is 1. The lowest BCUT2D eigenvalue weighted by Crippen LogP contribution is -2.43. The van der Waals surface area contributed by atoms with Gasteiger partial charge in [-0.2, -0.15) is 0 Å². The van der Waals surface area contributed by atoms with Crippen molar-refractivity contribution in [3.63, 3.8) is 0 Å². The number of aryl methyl sites for hydroxylation is 2. The largest absolute Gasteiger partial charge is 0.444 e. The topological polar surface area (TPSA) is 50.4 Å². The van der Waals surface area contributed by atoms with E-state index in [1.54, 1.807) is 0 Å². The molecule has 128 valence electrons. The molecule has 1 aliphatic rings. The van der Waals surface area contributed by atoms with Crippen LogP contribution in [-0.4, -0.2) is 23.8 Å². The van der Waals surface area contributed by atoms with Crippen molar-refractivity contribution < 1.29 is 9.53 Å². The first-order valence-corrected chi connectivity index (χ1v) is 8.55. The van der Waals surface area contributed by atoms with E-state index in [1.807, 2.05) is 20.8 Å². The molecular weight excluding hydrogens is 288 g/mol. The van der Waals surface area contributed by atoms with E-state index in [4.69, 9.17) is 4.74 Å². The molecule has 1 saturated carbocycles. The number of carbonyl (C=O) groups excluding carboxylic acids is 1. The number of amides is 1. The van der Waals surface area contributed by atoms with Gasteiger partial charge in [0.15, 0.2) is 0 Å². The van der Waals surface area contributed by atoms with Gasteiger partial charge in [-0.05, 0) is 83.6 Å². The predicted molar refractivity (Wildman–Crippen MR) is 95.0 cm³/mol. The molecule has 2 unspecified atom stereocenters. The zero-order valence-electron chi connectivity index (χ0n) is 15.0. The number of alkyl carbamates (subject to hydrolysis) is 1.